The lowest BCUT2D eigenvalue weighted by Crippen LogP contribution is -2.63. The highest BCUT2D eigenvalue weighted by Crippen LogP contribution is 2.17. The second-order valence-corrected chi connectivity index (χ2v) is 6.25. The van der Waals surface area contributed by atoms with Gasteiger partial charge >= 0.3 is 0 Å². The van der Waals surface area contributed by atoms with Crippen molar-refractivity contribution in [2.45, 2.75) is 58.5 Å². The normalized spacial score (nSPS) is 23.6. The van der Waals surface area contributed by atoms with Gasteiger partial charge in [-0.15, -0.1) is 0 Å². The van der Waals surface area contributed by atoms with Crippen molar-refractivity contribution >= 4 is 23.6 Å². The van der Waals surface area contributed by atoms with Crippen LogP contribution in [0.2, 0.25) is 0 Å². The standard InChI is InChI=1S/C14H26N2O2S/c1-4-8-12-13(17)15-11(5-2)14(18)16(12)9-7-10-19-6-3/h11-12H,4-10H2,1-3H3,(H,15,17). The molecule has 0 saturated carbocycles. The summed E-state index contributed by atoms with van der Waals surface area (Å²) in [7, 11) is 0. The maximum absolute atomic E-state index is 12.4. The van der Waals surface area contributed by atoms with Gasteiger partial charge in [-0.2, -0.15) is 11.8 Å². The smallest absolute Gasteiger partial charge is 0.245 e. The van der Waals surface area contributed by atoms with Crippen LogP contribution in [0.15, 0.2) is 0 Å². The van der Waals surface area contributed by atoms with Crippen molar-refractivity contribution in [1.82, 2.24) is 10.2 Å². The lowest BCUT2D eigenvalue weighted by atomic mass is 10.0. The Hall–Kier alpha value is -0.710. The molecule has 0 aromatic heterocycles. The van der Waals surface area contributed by atoms with Crippen molar-refractivity contribution < 1.29 is 9.59 Å². The van der Waals surface area contributed by atoms with Gasteiger partial charge in [-0.1, -0.05) is 27.2 Å². The number of carbonyl (C=O) groups excluding carboxylic acids is 2. The van der Waals surface area contributed by atoms with Crippen LogP contribution in [0.3, 0.4) is 0 Å². The van der Waals surface area contributed by atoms with Crippen molar-refractivity contribution in [2.75, 3.05) is 18.1 Å². The summed E-state index contributed by atoms with van der Waals surface area (Å²) in [5.74, 6) is 2.28. The predicted molar refractivity (Wildman–Crippen MR) is 80.2 cm³/mol. The lowest BCUT2D eigenvalue weighted by molar-refractivity contribution is -0.149. The van der Waals surface area contributed by atoms with Gasteiger partial charge in [0.1, 0.15) is 12.1 Å². The Labute approximate surface area is 120 Å². The summed E-state index contributed by atoms with van der Waals surface area (Å²) >= 11 is 1.88. The highest BCUT2D eigenvalue weighted by molar-refractivity contribution is 7.99. The lowest BCUT2D eigenvalue weighted by Gasteiger charge is -2.38. The quantitative estimate of drug-likeness (QED) is 0.695. The number of nitrogens with zero attached hydrogens (tertiary/aromatic N) is 1. The Morgan fingerprint density at radius 1 is 1.26 bits per heavy atom. The zero-order chi connectivity index (χ0) is 14.3. The van der Waals surface area contributed by atoms with Gasteiger partial charge in [0, 0.05) is 6.54 Å². The third-order valence-corrected chi connectivity index (χ3v) is 4.42. The Bertz CT molecular complexity index is 310. The first-order valence-electron chi connectivity index (χ1n) is 7.34. The van der Waals surface area contributed by atoms with Crippen molar-refractivity contribution in [2.24, 2.45) is 0 Å². The average Bonchev–Trinajstić information content (AvgIpc) is 2.41. The molecule has 2 amide bonds. The molecule has 2 atom stereocenters. The first kappa shape index (κ1) is 16.3. The van der Waals surface area contributed by atoms with E-state index in [4.69, 9.17) is 0 Å². The monoisotopic (exact) mass is 286 g/mol. The zero-order valence-corrected chi connectivity index (χ0v) is 13.1. The topological polar surface area (TPSA) is 49.4 Å². The molecule has 1 rings (SSSR count). The van der Waals surface area contributed by atoms with E-state index in [1.807, 2.05) is 23.6 Å². The van der Waals surface area contributed by atoms with Crippen LogP contribution in [0.4, 0.5) is 0 Å². The number of rotatable bonds is 8. The molecule has 1 heterocycles. The minimum Gasteiger partial charge on any atom is -0.343 e. The van der Waals surface area contributed by atoms with E-state index in [0.717, 1.165) is 30.8 Å². The van der Waals surface area contributed by atoms with Gasteiger partial charge < -0.3 is 10.2 Å². The van der Waals surface area contributed by atoms with Crippen molar-refractivity contribution in [1.29, 1.82) is 0 Å². The van der Waals surface area contributed by atoms with Crippen molar-refractivity contribution in [3.05, 3.63) is 0 Å². The number of nitrogens with one attached hydrogen (secondary N) is 1. The number of carbonyl (C=O) groups is 2. The van der Waals surface area contributed by atoms with Gasteiger partial charge in [0.2, 0.25) is 11.8 Å². The van der Waals surface area contributed by atoms with Crippen LogP contribution in [0.1, 0.15) is 46.5 Å². The fourth-order valence-electron chi connectivity index (χ4n) is 2.41. The van der Waals surface area contributed by atoms with Crippen molar-refractivity contribution in [3.63, 3.8) is 0 Å². The molecule has 4 nitrogen and oxygen atoms in total. The molecule has 0 spiro atoms. The number of piperazine rings is 1. The van der Waals surface area contributed by atoms with Crippen LogP contribution in [0.25, 0.3) is 0 Å². The largest absolute Gasteiger partial charge is 0.343 e. The Kier molecular flexibility index (Phi) is 7.28. The van der Waals surface area contributed by atoms with E-state index in [0.29, 0.717) is 13.0 Å². The summed E-state index contributed by atoms with van der Waals surface area (Å²) in [6.07, 6.45) is 3.31. The first-order chi connectivity index (χ1) is 9.15. The molecule has 1 saturated heterocycles. The van der Waals surface area contributed by atoms with Crippen LogP contribution in [0.5, 0.6) is 0 Å². The number of amides is 2. The van der Waals surface area contributed by atoms with E-state index < -0.39 is 0 Å². The molecule has 0 aromatic rings. The highest BCUT2D eigenvalue weighted by Gasteiger charge is 2.38. The number of hydrogen-bond donors (Lipinski definition) is 1. The predicted octanol–water partition coefficient (Wildman–Crippen LogP) is 2.04. The molecule has 0 bridgehead atoms. The van der Waals surface area contributed by atoms with Crippen LogP contribution in [-0.4, -0.2) is 46.8 Å². The molecule has 1 aliphatic rings. The van der Waals surface area contributed by atoms with Gasteiger partial charge in [0.05, 0.1) is 0 Å². The molecule has 5 heteroatoms. The highest BCUT2D eigenvalue weighted by atomic mass is 32.2. The molecule has 110 valence electrons. The van der Waals surface area contributed by atoms with E-state index >= 15 is 0 Å². The summed E-state index contributed by atoms with van der Waals surface area (Å²) in [5.41, 5.74) is 0. The minimum absolute atomic E-state index is 0.0245. The summed E-state index contributed by atoms with van der Waals surface area (Å²) in [6, 6.07) is -0.577. The minimum atomic E-state index is -0.320. The van der Waals surface area contributed by atoms with Crippen LogP contribution < -0.4 is 5.32 Å². The van der Waals surface area contributed by atoms with Gasteiger partial charge in [-0.3, -0.25) is 9.59 Å². The maximum atomic E-state index is 12.4. The molecule has 0 radical (unpaired) electrons. The van der Waals surface area contributed by atoms with Crippen molar-refractivity contribution in [3.8, 4) is 0 Å². The Balaban J connectivity index is 2.66. The van der Waals surface area contributed by atoms with E-state index in [-0.39, 0.29) is 23.9 Å². The molecule has 1 aliphatic heterocycles. The third kappa shape index (κ3) is 4.41. The molecule has 1 N–H and O–H groups in total. The number of hydrogen-bond acceptors (Lipinski definition) is 3. The second kappa shape index (κ2) is 8.46. The van der Waals surface area contributed by atoms with E-state index in [1.54, 1.807) is 0 Å². The molecular formula is C14H26N2O2S. The average molecular weight is 286 g/mol. The van der Waals surface area contributed by atoms with Gasteiger partial charge in [-0.25, -0.2) is 0 Å². The third-order valence-electron chi connectivity index (χ3n) is 3.44. The Morgan fingerprint density at radius 2 is 2.00 bits per heavy atom. The molecule has 19 heavy (non-hydrogen) atoms. The number of thioether (sulfide) groups is 1. The second-order valence-electron chi connectivity index (χ2n) is 4.86. The van der Waals surface area contributed by atoms with Crippen LogP contribution in [-0.2, 0) is 9.59 Å². The summed E-state index contributed by atoms with van der Waals surface area (Å²) in [5, 5.41) is 2.85. The van der Waals surface area contributed by atoms with E-state index in [2.05, 4.69) is 19.2 Å². The van der Waals surface area contributed by atoms with Gasteiger partial charge in [0.15, 0.2) is 0 Å². The molecule has 0 aromatic carbocycles. The summed E-state index contributed by atoms with van der Waals surface area (Å²) in [6.45, 7) is 6.83. The molecule has 2 unspecified atom stereocenters. The van der Waals surface area contributed by atoms with Crippen LogP contribution >= 0.6 is 11.8 Å². The Morgan fingerprint density at radius 3 is 2.58 bits per heavy atom. The molecule has 0 aliphatic carbocycles. The molecular weight excluding hydrogens is 260 g/mol. The summed E-state index contributed by atoms with van der Waals surface area (Å²) < 4.78 is 0. The molecule has 1 fully saturated rings. The zero-order valence-electron chi connectivity index (χ0n) is 12.3. The fourth-order valence-corrected chi connectivity index (χ4v) is 3.03. The first-order valence-corrected chi connectivity index (χ1v) is 8.49. The van der Waals surface area contributed by atoms with E-state index in [1.165, 1.54) is 0 Å². The van der Waals surface area contributed by atoms with Crippen LogP contribution in [0, 0.1) is 0 Å². The van der Waals surface area contributed by atoms with Gasteiger partial charge in [0.25, 0.3) is 0 Å². The summed E-state index contributed by atoms with van der Waals surface area (Å²) in [4.78, 5) is 26.3. The maximum Gasteiger partial charge on any atom is 0.245 e. The SMILES string of the molecule is CCCC1C(=O)NC(CC)C(=O)N1CCCSCC. The van der Waals surface area contributed by atoms with Gasteiger partial charge in [-0.05, 0) is 30.8 Å². The fraction of sp³-hybridized carbons (Fsp3) is 0.857. The van der Waals surface area contributed by atoms with E-state index in [9.17, 15) is 9.59 Å².